The summed E-state index contributed by atoms with van der Waals surface area (Å²) in [5.41, 5.74) is 2.97. The third-order valence-electron chi connectivity index (χ3n) is 9.18. The van der Waals surface area contributed by atoms with Crippen molar-refractivity contribution in [3.8, 4) is 0 Å². The summed E-state index contributed by atoms with van der Waals surface area (Å²) in [6.07, 6.45) is 3.19. The second-order valence-corrected chi connectivity index (χ2v) is 16.8. The van der Waals surface area contributed by atoms with Gasteiger partial charge in [0.05, 0.1) is 62.6 Å². The van der Waals surface area contributed by atoms with Gasteiger partial charge in [0.1, 0.15) is 0 Å². The first-order valence-corrected chi connectivity index (χ1v) is 21.7. The Balaban J connectivity index is 0.000000206. The average Bonchev–Trinajstić information content (AvgIpc) is 4.01. The number of hydrogen-bond acceptors (Lipinski definition) is 14. The molecule has 0 spiro atoms. The molecular weight excluding hydrogens is 837 g/mol. The van der Waals surface area contributed by atoms with Crippen LogP contribution in [0.15, 0.2) is 78.5 Å². The van der Waals surface area contributed by atoms with E-state index in [4.69, 9.17) is 35.7 Å². The third kappa shape index (κ3) is 15.0. The Morgan fingerprint density at radius 1 is 0.623 bits per heavy atom. The Kier molecular flexibility index (Phi) is 20.3. The molecule has 0 unspecified atom stereocenters. The molecule has 61 heavy (non-hydrogen) atoms. The Morgan fingerprint density at radius 2 is 1.02 bits per heavy atom. The summed E-state index contributed by atoms with van der Waals surface area (Å²) >= 11 is 4.48. The quantitative estimate of drug-likeness (QED) is 0.0311. The normalized spacial score (nSPS) is 11.1. The number of aliphatic carboxylic acids is 1. The fourth-order valence-electron chi connectivity index (χ4n) is 5.73. The number of nitrogens with zero attached hydrogens (tertiary/aromatic N) is 4. The van der Waals surface area contributed by atoms with E-state index in [1.807, 2.05) is 74.6 Å². The number of carbonyl (C=O) groups is 3. The molecule has 6 aromatic rings. The van der Waals surface area contributed by atoms with Crippen molar-refractivity contribution in [2.45, 2.75) is 0 Å². The van der Waals surface area contributed by atoms with Crippen LogP contribution in [0, 0.1) is 6.57 Å². The van der Waals surface area contributed by atoms with Crippen LogP contribution < -0.4 is 14.7 Å². The SMILES string of the molecule is CN(CCO)c1ccc2cc(C=O)sc2c1.COCCOCCN(C)c1ccc2cc(C=O)sc2c1.[C-]#[N+]/C(=C\c1cc2ccc(N(C)CCOCCOC)cc2s1)C(=O)O. The van der Waals surface area contributed by atoms with Gasteiger partial charge in [-0.1, -0.05) is 18.2 Å². The van der Waals surface area contributed by atoms with E-state index in [9.17, 15) is 14.4 Å². The van der Waals surface area contributed by atoms with E-state index < -0.39 is 5.97 Å². The van der Waals surface area contributed by atoms with Crippen molar-refractivity contribution in [3.05, 3.63) is 105 Å². The maximum Gasteiger partial charge on any atom is 0.333 e. The second kappa shape index (κ2) is 25.5. The number of carboxylic acids is 1. The van der Waals surface area contributed by atoms with Gasteiger partial charge in [-0.25, -0.2) is 4.85 Å². The molecule has 0 saturated carbocycles. The molecule has 0 fully saturated rings. The number of hydrogen-bond donors (Lipinski definition) is 2. The number of likely N-dealkylation sites (N-methyl/N-ethyl adjacent to an activating group) is 3. The molecule has 0 bridgehead atoms. The Morgan fingerprint density at radius 3 is 1.38 bits per heavy atom. The molecule has 0 amide bonds. The van der Waals surface area contributed by atoms with Crippen LogP contribution in [-0.2, 0) is 23.7 Å². The van der Waals surface area contributed by atoms with Crippen molar-refractivity contribution in [2.75, 3.05) is 116 Å². The van der Waals surface area contributed by atoms with E-state index in [1.165, 1.54) is 40.1 Å². The first kappa shape index (κ1) is 48.4. The summed E-state index contributed by atoms with van der Waals surface area (Å²) < 4.78 is 24.1. The number of methoxy groups -OCH3 is 2. The van der Waals surface area contributed by atoms with Gasteiger partial charge in [0, 0.05) is 91.0 Å². The lowest BCUT2D eigenvalue weighted by molar-refractivity contribution is -0.132. The van der Waals surface area contributed by atoms with Crippen LogP contribution in [0.5, 0.6) is 0 Å². The molecule has 3 aromatic carbocycles. The number of aliphatic hydroxyl groups is 1. The van der Waals surface area contributed by atoms with Crippen LogP contribution in [0.3, 0.4) is 0 Å². The van der Waals surface area contributed by atoms with E-state index in [2.05, 4.69) is 38.9 Å². The van der Waals surface area contributed by atoms with E-state index in [0.29, 0.717) is 46.2 Å². The fraction of sp³-hybridized carbons (Fsp3) is 0.333. The van der Waals surface area contributed by atoms with E-state index in [0.717, 1.165) is 87.6 Å². The minimum absolute atomic E-state index is 0.137. The van der Waals surface area contributed by atoms with Gasteiger partial charge in [0.15, 0.2) is 12.6 Å². The van der Waals surface area contributed by atoms with Gasteiger partial charge in [-0.2, -0.15) is 0 Å². The highest BCUT2D eigenvalue weighted by Gasteiger charge is 2.11. The zero-order valence-electron chi connectivity index (χ0n) is 35.0. The van der Waals surface area contributed by atoms with Crippen molar-refractivity contribution in [2.24, 2.45) is 0 Å². The van der Waals surface area contributed by atoms with Crippen molar-refractivity contribution < 1.29 is 43.5 Å². The summed E-state index contributed by atoms with van der Waals surface area (Å²) in [6, 6.07) is 24.1. The number of rotatable bonds is 21. The van der Waals surface area contributed by atoms with E-state index in [1.54, 1.807) is 14.2 Å². The second-order valence-electron chi connectivity index (χ2n) is 13.5. The van der Waals surface area contributed by atoms with Crippen molar-refractivity contribution >= 4 is 106 Å². The van der Waals surface area contributed by atoms with Crippen molar-refractivity contribution in [1.29, 1.82) is 0 Å². The number of aliphatic hydroxyl groups excluding tert-OH is 1. The summed E-state index contributed by atoms with van der Waals surface area (Å²) in [6.45, 7) is 12.9. The predicted molar refractivity (Wildman–Crippen MR) is 251 cm³/mol. The Bertz CT molecular complexity index is 2400. The molecule has 3 aromatic heterocycles. The number of carbonyl (C=O) groups excluding carboxylic acids is 2. The molecule has 0 aliphatic carbocycles. The summed E-state index contributed by atoms with van der Waals surface area (Å²) in [5, 5.41) is 21.1. The third-order valence-corrected chi connectivity index (χ3v) is 12.3. The number of fused-ring (bicyclic) bond motifs is 3. The van der Waals surface area contributed by atoms with Gasteiger partial charge in [0.2, 0.25) is 0 Å². The standard InChI is InChI=1S/C18H20N2O4S.C15H19NO3S.C12H13NO2S/c1-19-16(18(21)22)12-15-10-13-4-5-14(11-17(13)25-15)20(2)6-7-24-9-8-23-3;1-16(5-6-19-8-7-18-2)13-4-3-12-9-14(11-17)20-15(12)10-13;1-13(4-5-14)10-3-2-9-6-11(8-15)16-12(9)7-10/h4-5,10-12H,6-9H2,2-3H3,(H,21,22);3-4,9-11H,5-8H2,1-2H3;2-3,6-8,14H,4-5H2,1H3/b16-12-;;. The van der Waals surface area contributed by atoms with Gasteiger partial charge < -0.3 is 43.9 Å². The van der Waals surface area contributed by atoms with Crippen LogP contribution >= 0.6 is 34.0 Å². The molecular formula is C45H52N4O9S3. The zero-order chi connectivity index (χ0) is 44.1. The minimum Gasteiger partial charge on any atom is -0.486 e. The summed E-state index contributed by atoms with van der Waals surface area (Å²) in [4.78, 5) is 44.0. The maximum absolute atomic E-state index is 11.0. The Labute approximate surface area is 368 Å². The number of ether oxygens (including phenoxy) is 4. The molecule has 0 saturated heterocycles. The molecule has 0 aliphatic heterocycles. The summed E-state index contributed by atoms with van der Waals surface area (Å²) in [7, 11) is 9.28. The lowest BCUT2D eigenvalue weighted by Crippen LogP contribution is -2.23. The Hall–Kier alpha value is -5.22. The van der Waals surface area contributed by atoms with Gasteiger partial charge >= 0.3 is 5.97 Å². The van der Waals surface area contributed by atoms with Gasteiger partial charge in [-0.15, -0.1) is 34.0 Å². The maximum atomic E-state index is 11.0. The number of carboxylic acid groups (broad SMARTS) is 1. The fourth-order valence-corrected chi connectivity index (χ4v) is 8.59. The highest BCUT2D eigenvalue weighted by molar-refractivity contribution is 7.21. The molecule has 0 radical (unpaired) electrons. The molecule has 16 heteroatoms. The van der Waals surface area contributed by atoms with Crippen LogP contribution in [0.1, 0.15) is 24.2 Å². The number of aldehydes is 2. The number of anilines is 3. The monoisotopic (exact) mass is 888 g/mol. The average molecular weight is 889 g/mol. The topological polar surface area (TPSA) is 143 Å². The lowest BCUT2D eigenvalue weighted by atomic mass is 10.2. The van der Waals surface area contributed by atoms with Crippen molar-refractivity contribution in [1.82, 2.24) is 0 Å². The zero-order valence-corrected chi connectivity index (χ0v) is 37.4. The number of thiophene rings is 3. The molecule has 0 atom stereocenters. The van der Waals surface area contributed by atoms with E-state index >= 15 is 0 Å². The van der Waals surface area contributed by atoms with Gasteiger partial charge in [0.25, 0.3) is 5.70 Å². The number of benzene rings is 3. The van der Waals surface area contributed by atoms with Crippen LogP contribution in [0.4, 0.5) is 17.1 Å². The lowest BCUT2D eigenvalue weighted by Gasteiger charge is -2.19. The molecule has 0 aliphatic rings. The molecule has 324 valence electrons. The van der Waals surface area contributed by atoms with Crippen LogP contribution in [0.25, 0.3) is 41.2 Å². The molecule has 2 N–H and O–H groups in total. The molecule has 13 nitrogen and oxygen atoms in total. The molecule has 6 rings (SSSR count). The van der Waals surface area contributed by atoms with Crippen LogP contribution in [0.2, 0.25) is 0 Å². The first-order valence-electron chi connectivity index (χ1n) is 19.2. The highest BCUT2D eigenvalue weighted by atomic mass is 32.1. The minimum atomic E-state index is -1.21. The van der Waals surface area contributed by atoms with Crippen molar-refractivity contribution in [3.63, 3.8) is 0 Å². The smallest absolute Gasteiger partial charge is 0.333 e. The summed E-state index contributed by atoms with van der Waals surface area (Å²) in [5.74, 6) is -1.21. The highest BCUT2D eigenvalue weighted by Crippen LogP contribution is 2.32. The van der Waals surface area contributed by atoms with Crippen LogP contribution in [-0.4, -0.2) is 130 Å². The van der Waals surface area contributed by atoms with Gasteiger partial charge in [-0.3, -0.25) is 14.4 Å². The van der Waals surface area contributed by atoms with Gasteiger partial charge in [-0.05, 0) is 76.8 Å². The first-order chi connectivity index (χ1) is 29.5. The van der Waals surface area contributed by atoms with E-state index in [-0.39, 0.29) is 12.3 Å². The molecule has 3 heterocycles. The predicted octanol–water partition coefficient (Wildman–Crippen LogP) is 8.30. The largest absolute Gasteiger partial charge is 0.486 e.